The number of thioether (sulfide) groups is 1. The van der Waals surface area contributed by atoms with E-state index < -0.39 is 5.97 Å². The Balaban J connectivity index is 1.78. The highest BCUT2D eigenvalue weighted by Gasteiger charge is 2.30. The number of benzene rings is 2. The minimum absolute atomic E-state index is 0.0210. The molecule has 0 unspecified atom stereocenters. The highest BCUT2D eigenvalue weighted by Crippen LogP contribution is 2.33. The first-order chi connectivity index (χ1) is 13.5. The van der Waals surface area contributed by atoms with E-state index in [1.807, 2.05) is 6.07 Å². The quantitative estimate of drug-likeness (QED) is 0.780. The van der Waals surface area contributed by atoms with E-state index in [-0.39, 0.29) is 18.1 Å². The van der Waals surface area contributed by atoms with Crippen molar-refractivity contribution in [1.29, 1.82) is 5.26 Å². The number of hydrogen-bond acceptors (Lipinski definition) is 6. The fraction of sp³-hybridized carbons (Fsp3) is 0.100. The van der Waals surface area contributed by atoms with E-state index in [1.54, 1.807) is 49.5 Å². The van der Waals surface area contributed by atoms with Crippen molar-refractivity contribution in [3.8, 4) is 11.8 Å². The monoisotopic (exact) mass is 393 g/mol. The van der Waals surface area contributed by atoms with Crippen LogP contribution in [-0.4, -0.2) is 40.7 Å². The van der Waals surface area contributed by atoms with Gasteiger partial charge in [-0.05, 0) is 59.8 Å². The van der Waals surface area contributed by atoms with Crippen LogP contribution in [0.5, 0.6) is 5.75 Å². The van der Waals surface area contributed by atoms with Crippen LogP contribution < -0.4 is 4.74 Å². The topological polar surface area (TPSA) is 103 Å². The Hall–Kier alpha value is -3.57. The summed E-state index contributed by atoms with van der Waals surface area (Å²) < 4.78 is 5.21. The second-order valence-corrected chi connectivity index (χ2v) is 6.75. The molecule has 1 aliphatic rings. The number of carboxylic acid groups (broad SMARTS) is 1. The number of nitriles is 1. The van der Waals surface area contributed by atoms with Gasteiger partial charge in [0, 0.05) is 7.05 Å². The Morgan fingerprint density at radius 1 is 1.25 bits per heavy atom. The number of hydrogen-bond donors (Lipinski definition) is 1. The first-order valence-corrected chi connectivity index (χ1v) is 8.99. The van der Waals surface area contributed by atoms with E-state index in [0.717, 1.165) is 5.56 Å². The Kier molecular flexibility index (Phi) is 5.77. The van der Waals surface area contributed by atoms with Gasteiger partial charge in [0.25, 0.3) is 5.91 Å². The lowest BCUT2D eigenvalue weighted by atomic mass is 10.2. The summed E-state index contributed by atoms with van der Waals surface area (Å²) in [5, 5.41) is 18.0. The summed E-state index contributed by atoms with van der Waals surface area (Å²) in [5.41, 5.74) is 1.56. The van der Waals surface area contributed by atoms with Gasteiger partial charge in [-0.3, -0.25) is 9.69 Å². The summed E-state index contributed by atoms with van der Waals surface area (Å²) in [7, 11) is 1.64. The lowest BCUT2D eigenvalue weighted by molar-refractivity contribution is -0.121. The first kappa shape index (κ1) is 19.2. The van der Waals surface area contributed by atoms with E-state index in [0.29, 0.717) is 21.5 Å². The molecule has 0 radical (unpaired) electrons. The first-order valence-electron chi connectivity index (χ1n) is 8.17. The van der Waals surface area contributed by atoms with E-state index in [2.05, 4.69) is 4.99 Å². The molecule has 0 aliphatic carbocycles. The number of nitrogens with zero attached hydrogens (tertiary/aromatic N) is 3. The van der Waals surface area contributed by atoms with Crippen molar-refractivity contribution in [3.63, 3.8) is 0 Å². The largest absolute Gasteiger partial charge is 0.479 e. The van der Waals surface area contributed by atoms with E-state index in [4.69, 9.17) is 15.1 Å². The molecular weight excluding hydrogens is 378 g/mol. The summed E-state index contributed by atoms with van der Waals surface area (Å²) in [4.78, 5) is 29.8. The normalized spacial score (nSPS) is 16.4. The Labute approximate surface area is 165 Å². The van der Waals surface area contributed by atoms with E-state index in [9.17, 15) is 9.59 Å². The minimum Gasteiger partial charge on any atom is -0.479 e. The molecule has 1 saturated heterocycles. The van der Waals surface area contributed by atoms with Gasteiger partial charge in [-0.25, -0.2) is 9.79 Å². The Morgan fingerprint density at radius 2 is 1.93 bits per heavy atom. The van der Waals surface area contributed by atoms with Gasteiger partial charge in [0.1, 0.15) is 11.8 Å². The zero-order valence-corrected chi connectivity index (χ0v) is 15.6. The number of carbonyl (C=O) groups is 2. The maximum Gasteiger partial charge on any atom is 0.335 e. The smallest absolute Gasteiger partial charge is 0.335 e. The third-order valence-electron chi connectivity index (χ3n) is 3.82. The zero-order chi connectivity index (χ0) is 20.1. The van der Waals surface area contributed by atoms with Gasteiger partial charge in [-0.1, -0.05) is 12.1 Å². The number of carbonyl (C=O) groups excluding carboxylic acids is 1. The van der Waals surface area contributed by atoms with E-state index >= 15 is 0 Å². The van der Waals surface area contributed by atoms with Gasteiger partial charge < -0.3 is 9.84 Å². The molecule has 0 aromatic heterocycles. The van der Waals surface area contributed by atoms with Crippen molar-refractivity contribution in [1.82, 2.24) is 4.90 Å². The molecule has 2 aromatic rings. The maximum absolute atomic E-state index is 12.5. The van der Waals surface area contributed by atoms with Gasteiger partial charge >= 0.3 is 5.97 Å². The van der Waals surface area contributed by atoms with Crippen LogP contribution in [0.1, 0.15) is 15.9 Å². The molecule has 140 valence electrons. The van der Waals surface area contributed by atoms with Gasteiger partial charge in [-0.15, -0.1) is 0 Å². The highest BCUT2D eigenvalue weighted by atomic mass is 32.2. The molecule has 1 N–H and O–H groups in total. The van der Waals surface area contributed by atoms with Crippen LogP contribution in [0.3, 0.4) is 0 Å². The van der Waals surface area contributed by atoms with E-state index in [1.165, 1.54) is 28.8 Å². The van der Waals surface area contributed by atoms with Crippen LogP contribution in [0.15, 0.2) is 58.4 Å². The number of aromatic carboxylic acids is 1. The third kappa shape index (κ3) is 4.39. The molecule has 0 saturated carbocycles. The minimum atomic E-state index is -1.00. The van der Waals surface area contributed by atoms with Crippen LogP contribution >= 0.6 is 11.8 Å². The predicted molar refractivity (Wildman–Crippen MR) is 106 cm³/mol. The molecule has 1 aliphatic heterocycles. The molecule has 0 spiro atoms. The summed E-state index contributed by atoms with van der Waals surface area (Å²) in [5.74, 6) is -0.593. The summed E-state index contributed by atoms with van der Waals surface area (Å²) in [6, 6.07) is 15.1. The fourth-order valence-corrected chi connectivity index (χ4v) is 3.35. The molecule has 2 aromatic carbocycles. The van der Waals surface area contributed by atoms with Crippen LogP contribution in [0.2, 0.25) is 0 Å². The van der Waals surface area contributed by atoms with Crippen molar-refractivity contribution >= 4 is 40.6 Å². The van der Waals surface area contributed by atoms with Gasteiger partial charge in [0.05, 0.1) is 16.2 Å². The lowest BCUT2D eigenvalue weighted by Gasteiger charge is -2.07. The van der Waals surface area contributed by atoms with Gasteiger partial charge in [0.2, 0.25) is 0 Å². The molecule has 0 bridgehead atoms. The maximum atomic E-state index is 12.5. The van der Waals surface area contributed by atoms with Crippen molar-refractivity contribution in [2.75, 3.05) is 13.7 Å². The molecule has 28 heavy (non-hydrogen) atoms. The molecular formula is C20H15N3O4S. The molecule has 8 heteroatoms. The average molecular weight is 393 g/mol. The number of rotatable bonds is 5. The predicted octanol–water partition coefficient (Wildman–Crippen LogP) is 3.52. The summed E-state index contributed by atoms with van der Waals surface area (Å²) in [6.07, 6.45) is 1.76. The molecule has 1 heterocycles. The lowest BCUT2D eigenvalue weighted by Crippen LogP contribution is -2.23. The Bertz CT molecular complexity index is 1010. The number of likely N-dealkylation sites (N-methyl/N-ethyl adjacent to an activating group) is 1. The zero-order valence-electron chi connectivity index (χ0n) is 14.8. The van der Waals surface area contributed by atoms with Crippen LogP contribution in [0, 0.1) is 11.3 Å². The fourth-order valence-electron chi connectivity index (χ4n) is 2.37. The summed E-state index contributed by atoms with van der Waals surface area (Å²) >= 11 is 1.24. The average Bonchev–Trinajstić information content (AvgIpc) is 2.95. The van der Waals surface area contributed by atoms with Crippen molar-refractivity contribution in [2.24, 2.45) is 4.99 Å². The van der Waals surface area contributed by atoms with Crippen LogP contribution in [0.4, 0.5) is 5.69 Å². The van der Waals surface area contributed by atoms with Crippen LogP contribution in [-0.2, 0) is 4.79 Å². The third-order valence-corrected chi connectivity index (χ3v) is 4.88. The van der Waals surface area contributed by atoms with Crippen LogP contribution in [0.25, 0.3) is 6.08 Å². The molecule has 1 fully saturated rings. The van der Waals surface area contributed by atoms with Crippen molar-refractivity contribution in [2.45, 2.75) is 0 Å². The van der Waals surface area contributed by atoms with Gasteiger partial charge in [-0.2, -0.15) is 5.26 Å². The van der Waals surface area contributed by atoms with Crippen molar-refractivity contribution in [3.05, 3.63) is 64.6 Å². The SMILES string of the molecule is CN1C(=O)/C(=C/c2ccc(OCC#N)cc2)SC1=Nc1ccc(C(=O)O)cc1. The Morgan fingerprint density at radius 3 is 2.54 bits per heavy atom. The number of amidine groups is 1. The second-order valence-electron chi connectivity index (χ2n) is 5.74. The number of ether oxygens (including phenoxy) is 1. The van der Waals surface area contributed by atoms with Gasteiger partial charge in [0.15, 0.2) is 11.8 Å². The molecule has 0 atom stereocenters. The number of aliphatic imine (C=N–C) groups is 1. The number of carboxylic acids is 1. The second kappa shape index (κ2) is 8.41. The highest BCUT2D eigenvalue weighted by molar-refractivity contribution is 8.18. The van der Waals surface area contributed by atoms with Crippen molar-refractivity contribution < 1.29 is 19.4 Å². The molecule has 3 rings (SSSR count). The standard InChI is InChI=1S/C20H15N3O4S/c1-23-18(24)17(12-13-2-8-16(9-3-13)27-11-10-21)28-20(23)22-15-6-4-14(5-7-15)19(25)26/h2-9,12H,11H2,1H3,(H,25,26)/b17-12-,22-20?. The molecule has 7 nitrogen and oxygen atoms in total. The summed E-state index contributed by atoms with van der Waals surface area (Å²) in [6.45, 7) is -0.0210. The number of amides is 1. The molecule has 1 amide bonds.